The lowest BCUT2D eigenvalue weighted by Crippen LogP contribution is -2.32. The minimum absolute atomic E-state index is 0.466. The van der Waals surface area contributed by atoms with Crippen LogP contribution in [0.2, 0.25) is 0 Å². The molecular weight excluding hydrogens is 280 g/mol. The number of aryl methyl sites for hydroxylation is 1. The van der Waals surface area contributed by atoms with Gasteiger partial charge in [-0.1, -0.05) is 50.1 Å². The third kappa shape index (κ3) is 2.98. The minimum atomic E-state index is -0.466. The van der Waals surface area contributed by atoms with Crippen LogP contribution >= 0.6 is 0 Å². The Labute approximate surface area is 139 Å². The Morgan fingerprint density at radius 2 is 2.04 bits per heavy atom. The number of rotatable bonds is 4. The van der Waals surface area contributed by atoms with Gasteiger partial charge in [0.2, 0.25) is 0 Å². The van der Waals surface area contributed by atoms with Gasteiger partial charge in [-0.2, -0.15) is 0 Å². The third-order valence-corrected chi connectivity index (χ3v) is 4.36. The quantitative estimate of drug-likeness (QED) is 0.826. The molecule has 0 spiro atoms. The maximum atomic E-state index is 4.68. The van der Waals surface area contributed by atoms with E-state index < -0.39 is 5.41 Å². The number of aromatic nitrogens is 1. The Hall–Kier alpha value is -2.61. The molecule has 1 aliphatic carbocycles. The van der Waals surface area contributed by atoms with Crippen LogP contribution < -0.4 is 5.32 Å². The molecule has 2 heteroatoms. The molecule has 1 N–H and O–H groups in total. The molecule has 118 valence electrons. The van der Waals surface area contributed by atoms with Crippen molar-refractivity contribution in [3.05, 3.63) is 102 Å². The summed E-state index contributed by atoms with van der Waals surface area (Å²) >= 11 is 0. The first-order valence-corrected chi connectivity index (χ1v) is 7.66. The molecule has 1 aliphatic rings. The van der Waals surface area contributed by atoms with Gasteiger partial charge in [0.1, 0.15) is 0 Å². The molecule has 1 unspecified atom stereocenters. The zero-order valence-corrected chi connectivity index (χ0v) is 14.2. The zero-order valence-electron chi connectivity index (χ0n) is 14.2. The van der Waals surface area contributed by atoms with E-state index in [4.69, 9.17) is 0 Å². The summed E-state index contributed by atoms with van der Waals surface area (Å²) in [6.07, 6.45) is 11.7. The van der Waals surface area contributed by atoms with Gasteiger partial charge in [0.05, 0.1) is 11.1 Å². The van der Waals surface area contributed by atoms with Gasteiger partial charge in [-0.25, -0.2) is 0 Å². The average molecular weight is 304 g/mol. The largest absolute Gasteiger partial charge is 0.388 e. The van der Waals surface area contributed by atoms with Crippen LogP contribution in [0.5, 0.6) is 0 Å². The monoisotopic (exact) mass is 304 g/mol. The third-order valence-electron chi connectivity index (χ3n) is 4.36. The van der Waals surface area contributed by atoms with E-state index in [0.717, 1.165) is 33.7 Å². The van der Waals surface area contributed by atoms with Crippen molar-refractivity contribution in [3.8, 4) is 0 Å². The van der Waals surface area contributed by atoms with E-state index in [0.29, 0.717) is 0 Å². The molecule has 0 saturated heterocycles. The van der Waals surface area contributed by atoms with E-state index >= 15 is 0 Å². The smallest absolute Gasteiger partial charge is 0.0615 e. The van der Waals surface area contributed by atoms with E-state index in [1.807, 2.05) is 38.4 Å². The average Bonchev–Trinajstić information content (AvgIpc) is 2.66. The van der Waals surface area contributed by atoms with Crippen LogP contribution in [0.4, 0.5) is 0 Å². The fourth-order valence-electron chi connectivity index (χ4n) is 2.85. The second-order valence-electron chi connectivity index (χ2n) is 5.86. The van der Waals surface area contributed by atoms with Crippen molar-refractivity contribution in [3.63, 3.8) is 0 Å². The van der Waals surface area contributed by atoms with E-state index in [1.165, 1.54) is 0 Å². The molecule has 0 aliphatic heterocycles. The summed E-state index contributed by atoms with van der Waals surface area (Å²) in [5.41, 5.74) is 5.56. The van der Waals surface area contributed by atoms with Gasteiger partial charge in [0, 0.05) is 18.9 Å². The maximum absolute atomic E-state index is 4.68. The van der Waals surface area contributed by atoms with Gasteiger partial charge in [0.15, 0.2) is 0 Å². The number of nitrogens with one attached hydrogen (secondary N) is 1. The van der Waals surface area contributed by atoms with Gasteiger partial charge in [0.25, 0.3) is 0 Å². The molecule has 0 fully saturated rings. The molecule has 23 heavy (non-hydrogen) atoms. The normalized spacial score (nSPS) is 21.7. The van der Waals surface area contributed by atoms with Crippen LogP contribution in [0.3, 0.4) is 0 Å². The summed E-state index contributed by atoms with van der Waals surface area (Å²) in [4.78, 5) is 4.68. The molecular formula is C21H24N2. The summed E-state index contributed by atoms with van der Waals surface area (Å²) in [6.45, 7) is 16.5. The van der Waals surface area contributed by atoms with Gasteiger partial charge >= 0.3 is 0 Å². The van der Waals surface area contributed by atoms with Crippen LogP contribution in [-0.4, -0.2) is 12.0 Å². The van der Waals surface area contributed by atoms with Gasteiger partial charge < -0.3 is 5.32 Å². The highest BCUT2D eigenvalue weighted by molar-refractivity contribution is 5.61. The summed E-state index contributed by atoms with van der Waals surface area (Å²) in [5.74, 6) is 0. The molecule has 0 radical (unpaired) electrons. The first-order chi connectivity index (χ1) is 10.9. The van der Waals surface area contributed by atoms with Crippen LogP contribution in [-0.2, 0) is 5.41 Å². The SMILES string of the molecule is C=C/C=C(\NC)C1=CC=CC(=C)C(=C)C1(C)c1ccc(C)cn1. The van der Waals surface area contributed by atoms with Crippen molar-refractivity contribution < 1.29 is 0 Å². The number of nitrogens with zero attached hydrogens (tertiary/aromatic N) is 1. The molecule has 1 aromatic heterocycles. The lowest BCUT2D eigenvalue weighted by atomic mass is 9.70. The van der Waals surface area contributed by atoms with Crippen LogP contribution in [0.25, 0.3) is 0 Å². The summed E-state index contributed by atoms with van der Waals surface area (Å²) in [5, 5.41) is 3.26. The number of likely N-dealkylation sites (N-methyl/N-ethyl adjacent to an activating group) is 1. The van der Waals surface area contributed by atoms with Gasteiger partial charge in [-0.3, -0.25) is 4.98 Å². The molecule has 0 bridgehead atoms. The molecule has 1 atom stereocenters. The van der Waals surface area contributed by atoms with Crippen molar-refractivity contribution >= 4 is 0 Å². The Morgan fingerprint density at radius 3 is 2.61 bits per heavy atom. The highest BCUT2D eigenvalue weighted by Gasteiger charge is 2.38. The molecule has 0 saturated carbocycles. The van der Waals surface area contributed by atoms with Gasteiger partial charge in [-0.15, -0.1) is 0 Å². The van der Waals surface area contributed by atoms with Crippen molar-refractivity contribution in [1.82, 2.24) is 10.3 Å². The first-order valence-electron chi connectivity index (χ1n) is 7.66. The number of hydrogen-bond acceptors (Lipinski definition) is 2. The second kappa shape index (κ2) is 6.66. The van der Waals surface area contributed by atoms with E-state index in [-0.39, 0.29) is 0 Å². The predicted molar refractivity (Wildman–Crippen MR) is 99.2 cm³/mol. The predicted octanol–water partition coefficient (Wildman–Crippen LogP) is 4.55. The highest BCUT2D eigenvalue weighted by atomic mass is 14.8. The molecule has 0 amide bonds. The van der Waals surface area contributed by atoms with Crippen LogP contribution in [0.15, 0.2) is 90.9 Å². The minimum Gasteiger partial charge on any atom is -0.388 e. The van der Waals surface area contributed by atoms with Crippen molar-refractivity contribution in [2.45, 2.75) is 19.3 Å². The topological polar surface area (TPSA) is 24.9 Å². The van der Waals surface area contributed by atoms with E-state index in [2.05, 4.69) is 55.2 Å². The summed E-state index contributed by atoms with van der Waals surface area (Å²) in [7, 11) is 1.91. The number of allylic oxidation sites excluding steroid dienone is 8. The van der Waals surface area contributed by atoms with Crippen LogP contribution in [0, 0.1) is 6.92 Å². The van der Waals surface area contributed by atoms with Crippen molar-refractivity contribution in [1.29, 1.82) is 0 Å². The Kier molecular flexibility index (Phi) is 4.85. The Bertz CT molecular complexity index is 730. The van der Waals surface area contributed by atoms with E-state index in [1.54, 1.807) is 6.08 Å². The summed E-state index contributed by atoms with van der Waals surface area (Å²) in [6, 6.07) is 4.14. The van der Waals surface area contributed by atoms with E-state index in [9.17, 15) is 0 Å². The highest BCUT2D eigenvalue weighted by Crippen LogP contribution is 2.44. The fraction of sp³-hybridized carbons (Fsp3) is 0.190. The van der Waals surface area contributed by atoms with Gasteiger partial charge in [-0.05, 0) is 48.3 Å². The Morgan fingerprint density at radius 1 is 1.30 bits per heavy atom. The zero-order chi connectivity index (χ0) is 17.0. The lowest BCUT2D eigenvalue weighted by molar-refractivity contribution is 0.642. The molecule has 2 nitrogen and oxygen atoms in total. The van der Waals surface area contributed by atoms with Crippen molar-refractivity contribution in [2.75, 3.05) is 7.05 Å². The first kappa shape index (κ1) is 16.8. The molecule has 1 heterocycles. The number of pyridine rings is 1. The summed E-state index contributed by atoms with van der Waals surface area (Å²) < 4.78 is 0. The maximum Gasteiger partial charge on any atom is 0.0615 e. The molecule has 1 aromatic rings. The standard InChI is InChI=1S/C21H24N2/c1-7-9-19(22-6)18-11-8-10-16(3)17(4)21(18,5)20-13-12-15(2)14-23-20/h7-14,22H,1,3-4H2,2,5-6H3/b19-9-. The molecule has 2 rings (SSSR count). The molecule has 0 aromatic carbocycles. The Balaban J connectivity index is 2.72. The van der Waals surface area contributed by atoms with Crippen molar-refractivity contribution in [2.24, 2.45) is 0 Å². The fourth-order valence-corrected chi connectivity index (χ4v) is 2.85. The second-order valence-corrected chi connectivity index (χ2v) is 5.86. The van der Waals surface area contributed by atoms with Crippen LogP contribution in [0.1, 0.15) is 18.2 Å². The number of hydrogen-bond donors (Lipinski definition) is 1. The lowest BCUT2D eigenvalue weighted by Gasteiger charge is -2.35.